The molecule has 1 atom stereocenters. The Morgan fingerprint density at radius 2 is 1.33 bits per heavy atom. The van der Waals surface area contributed by atoms with E-state index in [1.54, 1.807) is 12.1 Å². The van der Waals surface area contributed by atoms with Gasteiger partial charge in [-0.25, -0.2) is 0 Å². The molecule has 0 bridgehead atoms. The van der Waals surface area contributed by atoms with Gasteiger partial charge < -0.3 is 10.2 Å². The summed E-state index contributed by atoms with van der Waals surface area (Å²) in [6, 6.07) is 14.2. The van der Waals surface area contributed by atoms with Crippen LogP contribution in [0.15, 0.2) is 42.5 Å². The molecule has 0 spiro atoms. The second-order valence-electron chi connectivity index (χ2n) is 10.0. The lowest BCUT2D eigenvalue weighted by Crippen LogP contribution is -2.23. The standard InChI is InChI=1S/C28H32O2/c1-16-14-23-25(19(4)24(16)20-8-10-22(29)11-9-20)27(5,6)15-28(23,7)21-12-17(2)26(30)18(3)13-21/h8-14,29-30H,15H2,1-7H3. The van der Waals surface area contributed by atoms with Gasteiger partial charge in [0.15, 0.2) is 0 Å². The molecule has 2 nitrogen and oxygen atoms in total. The van der Waals surface area contributed by atoms with Crippen LogP contribution in [0.2, 0.25) is 0 Å². The Labute approximate surface area is 180 Å². The number of hydrogen-bond acceptors (Lipinski definition) is 2. The fourth-order valence-corrected chi connectivity index (χ4v) is 5.96. The Kier molecular flexibility index (Phi) is 4.54. The number of fused-ring (bicyclic) bond motifs is 1. The SMILES string of the molecule is Cc1cc(C2(C)CC(C)(C)c3c2cc(C)c(-c2ccc(O)cc2)c3C)cc(C)c1O. The van der Waals surface area contributed by atoms with Crippen molar-refractivity contribution in [3.8, 4) is 22.6 Å². The van der Waals surface area contributed by atoms with Crippen LogP contribution in [0, 0.1) is 27.7 Å². The van der Waals surface area contributed by atoms with Crippen molar-refractivity contribution in [2.45, 2.75) is 65.7 Å². The van der Waals surface area contributed by atoms with Gasteiger partial charge in [0.05, 0.1) is 0 Å². The van der Waals surface area contributed by atoms with Gasteiger partial charge in [-0.3, -0.25) is 0 Å². The molecule has 3 aromatic carbocycles. The Morgan fingerprint density at radius 1 is 0.767 bits per heavy atom. The third-order valence-electron chi connectivity index (χ3n) is 7.13. The van der Waals surface area contributed by atoms with Crippen LogP contribution in [0.3, 0.4) is 0 Å². The van der Waals surface area contributed by atoms with Crippen molar-refractivity contribution >= 4 is 0 Å². The molecule has 1 unspecified atom stereocenters. The second kappa shape index (κ2) is 6.63. The molecule has 0 amide bonds. The van der Waals surface area contributed by atoms with Crippen LogP contribution in [-0.4, -0.2) is 10.2 Å². The van der Waals surface area contributed by atoms with Gasteiger partial charge in [-0.1, -0.05) is 51.1 Å². The molecule has 1 aliphatic rings. The Bertz CT molecular complexity index is 1130. The first-order valence-corrected chi connectivity index (χ1v) is 10.7. The van der Waals surface area contributed by atoms with Crippen molar-refractivity contribution < 1.29 is 10.2 Å². The number of rotatable bonds is 2. The van der Waals surface area contributed by atoms with E-state index >= 15 is 0 Å². The van der Waals surface area contributed by atoms with Crippen molar-refractivity contribution in [3.63, 3.8) is 0 Å². The minimum atomic E-state index is -0.106. The summed E-state index contributed by atoms with van der Waals surface area (Å²) in [5, 5.41) is 20.0. The summed E-state index contributed by atoms with van der Waals surface area (Å²) in [7, 11) is 0. The largest absolute Gasteiger partial charge is 0.508 e. The number of aromatic hydroxyl groups is 2. The summed E-state index contributed by atoms with van der Waals surface area (Å²) in [4.78, 5) is 0. The molecule has 0 aromatic heterocycles. The van der Waals surface area contributed by atoms with Crippen molar-refractivity contribution in [2.75, 3.05) is 0 Å². The van der Waals surface area contributed by atoms with E-state index < -0.39 is 0 Å². The van der Waals surface area contributed by atoms with Crippen molar-refractivity contribution in [3.05, 3.63) is 81.4 Å². The average Bonchev–Trinajstić information content (AvgIpc) is 2.87. The quantitative estimate of drug-likeness (QED) is 0.487. The van der Waals surface area contributed by atoms with Crippen LogP contribution >= 0.6 is 0 Å². The van der Waals surface area contributed by atoms with E-state index in [2.05, 4.69) is 52.8 Å². The zero-order valence-electron chi connectivity index (χ0n) is 19.1. The van der Waals surface area contributed by atoms with Crippen molar-refractivity contribution in [1.29, 1.82) is 0 Å². The molecule has 2 heteroatoms. The Balaban J connectivity index is 1.98. The van der Waals surface area contributed by atoms with Gasteiger partial charge in [0.1, 0.15) is 11.5 Å². The van der Waals surface area contributed by atoms with Gasteiger partial charge in [-0.2, -0.15) is 0 Å². The molecule has 0 fully saturated rings. The molecule has 0 radical (unpaired) electrons. The highest BCUT2D eigenvalue weighted by Gasteiger charge is 2.47. The van der Waals surface area contributed by atoms with Gasteiger partial charge >= 0.3 is 0 Å². The smallest absolute Gasteiger partial charge is 0.121 e. The number of aryl methyl sites for hydroxylation is 3. The fraction of sp³-hybridized carbons (Fsp3) is 0.357. The molecule has 0 aliphatic heterocycles. The summed E-state index contributed by atoms with van der Waals surface area (Å²) in [6.45, 7) is 15.5. The predicted molar refractivity (Wildman–Crippen MR) is 125 cm³/mol. The minimum absolute atomic E-state index is 0.0350. The molecule has 3 aromatic rings. The Morgan fingerprint density at radius 3 is 1.90 bits per heavy atom. The lowest BCUT2D eigenvalue weighted by molar-refractivity contribution is 0.422. The number of phenolic OH excluding ortho intramolecular Hbond substituents is 2. The molecule has 30 heavy (non-hydrogen) atoms. The maximum Gasteiger partial charge on any atom is 0.121 e. The zero-order chi connectivity index (χ0) is 22.0. The minimum Gasteiger partial charge on any atom is -0.508 e. The summed E-state index contributed by atoms with van der Waals surface area (Å²) >= 11 is 0. The summed E-state index contributed by atoms with van der Waals surface area (Å²) in [5.41, 5.74) is 10.9. The number of phenols is 2. The Hall–Kier alpha value is -2.74. The number of hydrogen-bond donors (Lipinski definition) is 2. The van der Waals surface area contributed by atoms with E-state index in [4.69, 9.17) is 0 Å². The second-order valence-corrected chi connectivity index (χ2v) is 10.0. The highest BCUT2D eigenvalue weighted by atomic mass is 16.3. The highest BCUT2D eigenvalue weighted by Crippen LogP contribution is 2.56. The zero-order valence-corrected chi connectivity index (χ0v) is 19.1. The van der Waals surface area contributed by atoms with E-state index in [1.807, 2.05) is 26.0 Å². The molecular weight excluding hydrogens is 368 g/mol. The van der Waals surface area contributed by atoms with Crippen molar-refractivity contribution in [1.82, 2.24) is 0 Å². The molecule has 0 saturated heterocycles. The summed E-state index contributed by atoms with van der Waals surface area (Å²) in [5.74, 6) is 0.691. The third kappa shape index (κ3) is 2.93. The summed E-state index contributed by atoms with van der Waals surface area (Å²) in [6.07, 6.45) is 1.03. The maximum absolute atomic E-state index is 10.3. The molecule has 0 heterocycles. The van der Waals surface area contributed by atoms with E-state index in [9.17, 15) is 10.2 Å². The van der Waals surface area contributed by atoms with Gasteiger partial charge in [-0.15, -0.1) is 0 Å². The van der Waals surface area contributed by atoms with Crippen molar-refractivity contribution in [2.24, 2.45) is 0 Å². The normalized spacial score (nSPS) is 19.7. The molecule has 2 N–H and O–H groups in total. The lowest BCUT2D eigenvalue weighted by atomic mass is 9.74. The van der Waals surface area contributed by atoms with Gasteiger partial charge in [0.2, 0.25) is 0 Å². The van der Waals surface area contributed by atoms with Gasteiger partial charge in [0, 0.05) is 5.41 Å². The monoisotopic (exact) mass is 400 g/mol. The first kappa shape index (κ1) is 20.5. The molecule has 156 valence electrons. The van der Waals surface area contributed by atoms with Gasteiger partial charge in [-0.05, 0) is 102 Å². The van der Waals surface area contributed by atoms with Crippen LogP contribution < -0.4 is 0 Å². The van der Waals surface area contributed by atoms with E-state index in [-0.39, 0.29) is 10.8 Å². The first-order chi connectivity index (χ1) is 14.0. The maximum atomic E-state index is 10.3. The molecule has 1 aliphatic carbocycles. The van der Waals surface area contributed by atoms with Gasteiger partial charge in [0.25, 0.3) is 0 Å². The van der Waals surface area contributed by atoms with E-state index in [0.717, 1.165) is 23.1 Å². The highest BCUT2D eigenvalue weighted by molar-refractivity contribution is 5.76. The predicted octanol–water partition coefficient (Wildman–Crippen LogP) is 6.99. The number of benzene rings is 3. The average molecular weight is 401 g/mol. The lowest BCUT2D eigenvalue weighted by Gasteiger charge is -2.29. The van der Waals surface area contributed by atoms with Crippen LogP contribution in [0.4, 0.5) is 0 Å². The third-order valence-corrected chi connectivity index (χ3v) is 7.13. The van der Waals surface area contributed by atoms with E-state index in [1.165, 1.54) is 33.4 Å². The van der Waals surface area contributed by atoms with E-state index in [0.29, 0.717) is 11.5 Å². The first-order valence-electron chi connectivity index (χ1n) is 10.7. The molecular formula is C28H32O2. The fourth-order valence-electron chi connectivity index (χ4n) is 5.96. The van der Waals surface area contributed by atoms with Crippen LogP contribution in [0.5, 0.6) is 11.5 Å². The van der Waals surface area contributed by atoms with Crippen LogP contribution in [-0.2, 0) is 10.8 Å². The van der Waals surface area contributed by atoms with Crippen LogP contribution in [0.25, 0.3) is 11.1 Å². The molecule has 4 rings (SSSR count). The van der Waals surface area contributed by atoms with Crippen LogP contribution in [0.1, 0.15) is 66.1 Å². The topological polar surface area (TPSA) is 40.5 Å². The molecule has 0 saturated carbocycles. The summed E-state index contributed by atoms with van der Waals surface area (Å²) < 4.78 is 0.